The molecule has 0 bridgehead atoms. The lowest BCUT2D eigenvalue weighted by Crippen LogP contribution is -2.48. The van der Waals surface area contributed by atoms with E-state index >= 15 is 0 Å². The van der Waals surface area contributed by atoms with Crippen LogP contribution in [0.25, 0.3) is 27.8 Å². The van der Waals surface area contributed by atoms with Crippen molar-refractivity contribution in [3.63, 3.8) is 0 Å². The van der Waals surface area contributed by atoms with E-state index in [1.165, 1.54) is 0 Å². The maximum Gasteiger partial charge on any atom is 0.154 e. The Morgan fingerprint density at radius 2 is 2.11 bits per heavy atom. The molecule has 28 heavy (non-hydrogen) atoms. The molecule has 7 nitrogen and oxygen atoms in total. The van der Waals surface area contributed by atoms with Crippen molar-refractivity contribution in [2.75, 3.05) is 24.6 Å². The molecule has 4 heterocycles. The van der Waals surface area contributed by atoms with Gasteiger partial charge in [-0.25, -0.2) is 9.50 Å². The second-order valence-electron chi connectivity index (χ2n) is 7.92. The zero-order chi connectivity index (χ0) is 19.3. The van der Waals surface area contributed by atoms with Crippen molar-refractivity contribution in [1.29, 1.82) is 0 Å². The predicted octanol–water partition coefficient (Wildman–Crippen LogP) is 3.45. The van der Waals surface area contributed by atoms with Gasteiger partial charge in [0.05, 0.1) is 35.3 Å². The first-order valence-corrected chi connectivity index (χ1v) is 9.75. The van der Waals surface area contributed by atoms with Crippen molar-refractivity contribution in [2.45, 2.75) is 32.8 Å². The molecule has 0 radical (unpaired) electrons. The number of ether oxygens (including phenoxy) is 1. The number of aryl methyl sites for hydroxylation is 1. The second-order valence-corrected chi connectivity index (χ2v) is 7.92. The van der Waals surface area contributed by atoms with Crippen LogP contribution in [0.15, 0.2) is 36.5 Å². The lowest BCUT2D eigenvalue weighted by molar-refractivity contribution is -0.0279. The number of aromatic nitrogens is 5. The Morgan fingerprint density at radius 3 is 2.93 bits per heavy atom. The molecule has 5 rings (SSSR count). The molecule has 1 N–H and O–H groups in total. The van der Waals surface area contributed by atoms with Crippen molar-refractivity contribution in [3.05, 3.63) is 42.2 Å². The summed E-state index contributed by atoms with van der Waals surface area (Å²) in [6, 6.07) is 10.4. The van der Waals surface area contributed by atoms with Crippen LogP contribution < -0.4 is 4.90 Å². The molecular formula is C21H24N6O. The van der Waals surface area contributed by atoms with Crippen molar-refractivity contribution < 1.29 is 4.74 Å². The Labute approximate surface area is 163 Å². The van der Waals surface area contributed by atoms with Crippen LogP contribution in [0.1, 0.15) is 26.5 Å². The number of fused-ring (bicyclic) bond motifs is 2. The number of hydrogen-bond donors (Lipinski definition) is 1. The molecule has 0 atom stereocenters. The molecule has 0 aliphatic carbocycles. The highest BCUT2D eigenvalue weighted by molar-refractivity contribution is 5.86. The summed E-state index contributed by atoms with van der Waals surface area (Å²) in [6.45, 7) is 8.72. The Balaban J connectivity index is 1.59. The fourth-order valence-corrected chi connectivity index (χ4v) is 3.94. The molecule has 1 aromatic carbocycles. The van der Waals surface area contributed by atoms with Gasteiger partial charge in [-0.2, -0.15) is 5.10 Å². The molecule has 3 aromatic heterocycles. The summed E-state index contributed by atoms with van der Waals surface area (Å²) < 4.78 is 7.78. The van der Waals surface area contributed by atoms with Gasteiger partial charge < -0.3 is 9.64 Å². The average molecular weight is 376 g/mol. The van der Waals surface area contributed by atoms with Crippen LogP contribution in [-0.4, -0.2) is 50.1 Å². The van der Waals surface area contributed by atoms with E-state index in [1.807, 2.05) is 22.8 Å². The minimum Gasteiger partial charge on any atom is -0.372 e. The first kappa shape index (κ1) is 17.2. The van der Waals surface area contributed by atoms with E-state index in [4.69, 9.17) is 9.84 Å². The SMILES string of the molecule is CCc1n[nH]c2ccc(-c3cnc4ccc(N5CCOC(C)(C)C5)nn34)cc12. The first-order valence-electron chi connectivity index (χ1n) is 9.75. The van der Waals surface area contributed by atoms with Gasteiger partial charge in [0, 0.05) is 24.0 Å². The van der Waals surface area contributed by atoms with Gasteiger partial charge in [0.2, 0.25) is 0 Å². The number of imidazole rings is 1. The highest BCUT2D eigenvalue weighted by Gasteiger charge is 2.28. The predicted molar refractivity (Wildman–Crippen MR) is 110 cm³/mol. The molecule has 1 aliphatic rings. The minimum absolute atomic E-state index is 0.171. The quantitative estimate of drug-likeness (QED) is 0.593. The third-order valence-corrected chi connectivity index (χ3v) is 5.37. The zero-order valence-corrected chi connectivity index (χ0v) is 16.4. The molecule has 0 spiro atoms. The van der Waals surface area contributed by atoms with Crippen molar-refractivity contribution in [2.24, 2.45) is 0 Å². The molecule has 0 amide bonds. The van der Waals surface area contributed by atoms with E-state index in [0.29, 0.717) is 6.61 Å². The maximum atomic E-state index is 5.84. The number of benzene rings is 1. The number of rotatable bonds is 3. The summed E-state index contributed by atoms with van der Waals surface area (Å²) in [5, 5.41) is 13.6. The summed E-state index contributed by atoms with van der Waals surface area (Å²) in [4.78, 5) is 6.83. The first-order chi connectivity index (χ1) is 13.5. The van der Waals surface area contributed by atoms with Crippen LogP contribution in [0.3, 0.4) is 0 Å². The molecule has 1 saturated heterocycles. The maximum absolute atomic E-state index is 5.84. The molecule has 7 heteroatoms. The fourth-order valence-electron chi connectivity index (χ4n) is 3.94. The van der Waals surface area contributed by atoms with Crippen LogP contribution in [-0.2, 0) is 11.2 Å². The van der Waals surface area contributed by atoms with E-state index < -0.39 is 0 Å². The van der Waals surface area contributed by atoms with E-state index in [1.54, 1.807) is 0 Å². The number of H-pyrrole nitrogens is 1. The minimum atomic E-state index is -0.171. The molecule has 0 saturated carbocycles. The third kappa shape index (κ3) is 2.82. The van der Waals surface area contributed by atoms with Crippen molar-refractivity contribution in [3.8, 4) is 11.3 Å². The zero-order valence-electron chi connectivity index (χ0n) is 16.4. The topological polar surface area (TPSA) is 71.3 Å². The average Bonchev–Trinajstić information content (AvgIpc) is 3.29. The second kappa shape index (κ2) is 6.31. The van der Waals surface area contributed by atoms with Crippen LogP contribution in [0.2, 0.25) is 0 Å². The third-order valence-electron chi connectivity index (χ3n) is 5.37. The van der Waals surface area contributed by atoms with E-state index in [2.05, 4.69) is 59.1 Å². The number of hydrogen-bond acceptors (Lipinski definition) is 5. The highest BCUT2D eigenvalue weighted by Crippen LogP contribution is 2.27. The van der Waals surface area contributed by atoms with Crippen LogP contribution in [0, 0.1) is 0 Å². The van der Waals surface area contributed by atoms with Gasteiger partial charge in [-0.15, -0.1) is 5.10 Å². The molecular weight excluding hydrogens is 352 g/mol. The van der Waals surface area contributed by atoms with E-state index in [-0.39, 0.29) is 5.60 Å². The van der Waals surface area contributed by atoms with Gasteiger partial charge in [-0.05, 0) is 44.5 Å². The Morgan fingerprint density at radius 1 is 1.21 bits per heavy atom. The van der Waals surface area contributed by atoms with Gasteiger partial charge in [-0.1, -0.05) is 13.0 Å². The molecule has 1 aliphatic heterocycles. The number of nitrogens with one attached hydrogen (secondary N) is 1. The summed E-state index contributed by atoms with van der Waals surface area (Å²) in [6.07, 6.45) is 2.79. The standard InChI is InChI=1S/C21H24N6O/c1-4-16-15-11-14(5-6-17(15)24-23-16)18-12-22-19-7-8-20(25-27(18)19)26-9-10-28-21(2,3)13-26/h5-8,11-12H,4,9-10,13H2,1-3H3,(H,23,24). The van der Waals surface area contributed by atoms with Crippen LogP contribution in [0.4, 0.5) is 5.82 Å². The number of anilines is 1. The number of morpholine rings is 1. The molecule has 1 fully saturated rings. The van der Waals surface area contributed by atoms with Gasteiger partial charge >= 0.3 is 0 Å². The van der Waals surface area contributed by atoms with Crippen LogP contribution >= 0.6 is 0 Å². The smallest absolute Gasteiger partial charge is 0.154 e. The van der Waals surface area contributed by atoms with Crippen molar-refractivity contribution in [1.82, 2.24) is 24.8 Å². The monoisotopic (exact) mass is 376 g/mol. The number of aromatic amines is 1. The van der Waals surface area contributed by atoms with Gasteiger partial charge in [-0.3, -0.25) is 5.10 Å². The summed E-state index contributed by atoms with van der Waals surface area (Å²) in [5.74, 6) is 0.946. The summed E-state index contributed by atoms with van der Waals surface area (Å²) in [5.41, 5.74) is 4.87. The lowest BCUT2D eigenvalue weighted by Gasteiger charge is -2.38. The Kier molecular flexibility index (Phi) is 3.87. The van der Waals surface area contributed by atoms with Crippen LogP contribution in [0.5, 0.6) is 0 Å². The normalized spacial score (nSPS) is 16.9. The Bertz CT molecular complexity index is 1160. The molecule has 144 valence electrons. The Hall–Kier alpha value is -2.93. The van der Waals surface area contributed by atoms with E-state index in [9.17, 15) is 0 Å². The van der Waals surface area contributed by atoms with Gasteiger partial charge in [0.25, 0.3) is 0 Å². The van der Waals surface area contributed by atoms with Gasteiger partial charge in [0.1, 0.15) is 5.82 Å². The molecule has 0 unspecified atom stereocenters. The molecule has 4 aromatic rings. The van der Waals surface area contributed by atoms with Crippen molar-refractivity contribution >= 4 is 22.4 Å². The lowest BCUT2D eigenvalue weighted by atomic mass is 10.1. The fraction of sp³-hybridized carbons (Fsp3) is 0.381. The highest BCUT2D eigenvalue weighted by atomic mass is 16.5. The summed E-state index contributed by atoms with van der Waals surface area (Å²) >= 11 is 0. The summed E-state index contributed by atoms with van der Waals surface area (Å²) in [7, 11) is 0. The number of nitrogens with zero attached hydrogens (tertiary/aromatic N) is 5. The van der Waals surface area contributed by atoms with Gasteiger partial charge in [0.15, 0.2) is 5.65 Å². The largest absolute Gasteiger partial charge is 0.372 e. The van der Waals surface area contributed by atoms with E-state index in [0.717, 1.165) is 58.8 Å².